The van der Waals surface area contributed by atoms with Crippen molar-refractivity contribution in [1.82, 2.24) is 0 Å². The number of hydrogen-bond acceptors (Lipinski definition) is 3. The van der Waals surface area contributed by atoms with Crippen molar-refractivity contribution in [1.29, 1.82) is 0 Å². The van der Waals surface area contributed by atoms with E-state index in [-0.39, 0.29) is 0 Å². The van der Waals surface area contributed by atoms with Crippen LogP contribution < -0.4 is 0 Å². The zero-order chi connectivity index (χ0) is 17.2. The van der Waals surface area contributed by atoms with Crippen molar-refractivity contribution in [2.75, 3.05) is 13.2 Å². The standard InChI is InChI=1S/C18H38ClO3P/c1-3-5-7-9-11-13-15-17-21-23(19,20)22-18-16-14-12-10-8-6-4-2/h3-18H2,1-2H3. The molecule has 0 aliphatic heterocycles. The number of unbranched alkanes of at least 4 members (excludes halogenated alkanes) is 12. The first-order valence-corrected chi connectivity index (χ1v) is 12.2. The summed E-state index contributed by atoms with van der Waals surface area (Å²) >= 11 is 5.81. The van der Waals surface area contributed by atoms with Gasteiger partial charge in [0.25, 0.3) is 0 Å². The van der Waals surface area contributed by atoms with E-state index >= 15 is 0 Å². The van der Waals surface area contributed by atoms with Crippen molar-refractivity contribution < 1.29 is 13.6 Å². The minimum Gasteiger partial charge on any atom is -0.297 e. The Morgan fingerprint density at radius 2 is 0.913 bits per heavy atom. The monoisotopic (exact) mass is 368 g/mol. The molecule has 0 aromatic heterocycles. The van der Waals surface area contributed by atoms with Gasteiger partial charge in [0.1, 0.15) is 0 Å². The van der Waals surface area contributed by atoms with Crippen LogP contribution in [0, 0.1) is 0 Å². The fraction of sp³-hybridized carbons (Fsp3) is 1.00. The molecule has 0 radical (unpaired) electrons. The predicted molar refractivity (Wildman–Crippen MR) is 101 cm³/mol. The average molecular weight is 369 g/mol. The van der Waals surface area contributed by atoms with Gasteiger partial charge in [-0.25, -0.2) is 4.57 Å². The molecule has 0 bridgehead atoms. The second kappa shape index (κ2) is 17.3. The van der Waals surface area contributed by atoms with E-state index < -0.39 is 6.95 Å². The molecule has 0 N–H and O–H groups in total. The van der Waals surface area contributed by atoms with Gasteiger partial charge < -0.3 is 0 Å². The van der Waals surface area contributed by atoms with E-state index in [1.54, 1.807) is 0 Å². The van der Waals surface area contributed by atoms with Crippen molar-refractivity contribution in [2.24, 2.45) is 0 Å². The van der Waals surface area contributed by atoms with Gasteiger partial charge in [0, 0.05) is 11.2 Å². The summed E-state index contributed by atoms with van der Waals surface area (Å²) < 4.78 is 22.3. The van der Waals surface area contributed by atoms with E-state index in [0.29, 0.717) is 13.2 Å². The second-order valence-electron chi connectivity index (χ2n) is 6.34. The quantitative estimate of drug-likeness (QED) is 0.182. The summed E-state index contributed by atoms with van der Waals surface area (Å²) in [5.41, 5.74) is 0. The van der Waals surface area contributed by atoms with Crippen LogP contribution in [0.5, 0.6) is 0 Å². The molecule has 0 rings (SSSR count). The zero-order valence-electron chi connectivity index (χ0n) is 15.4. The van der Waals surface area contributed by atoms with E-state index in [2.05, 4.69) is 13.8 Å². The Morgan fingerprint density at radius 3 is 1.26 bits per heavy atom. The Hall–Kier alpha value is 0.440. The molecule has 0 atom stereocenters. The zero-order valence-corrected chi connectivity index (χ0v) is 17.0. The van der Waals surface area contributed by atoms with Gasteiger partial charge >= 0.3 is 6.95 Å². The Kier molecular flexibility index (Phi) is 17.6. The molecule has 5 heteroatoms. The molecule has 0 aromatic rings. The summed E-state index contributed by atoms with van der Waals surface area (Å²) in [5.74, 6) is 0. The lowest BCUT2D eigenvalue weighted by Crippen LogP contribution is -1.96. The molecule has 140 valence electrons. The topological polar surface area (TPSA) is 35.5 Å². The molecule has 0 spiro atoms. The first-order chi connectivity index (χ1) is 11.1. The van der Waals surface area contributed by atoms with Crippen LogP contribution in [0.4, 0.5) is 0 Å². The lowest BCUT2D eigenvalue weighted by molar-refractivity contribution is 0.211. The van der Waals surface area contributed by atoms with E-state index in [1.807, 2.05) is 0 Å². The Balaban J connectivity index is 3.35. The SMILES string of the molecule is CCCCCCCCCOP(=O)(Cl)OCCCCCCCCC. The lowest BCUT2D eigenvalue weighted by atomic mass is 10.1. The molecule has 0 fully saturated rings. The van der Waals surface area contributed by atoms with Crippen LogP contribution in [0.1, 0.15) is 104 Å². The predicted octanol–water partition coefficient (Wildman–Crippen LogP) is 7.87. The van der Waals surface area contributed by atoms with E-state index in [0.717, 1.165) is 25.7 Å². The minimum absolute atomic E-state index is 0.436. The third-order valence-electron chi connectivity index (χ3n) is 3.99. The summed E-state index contributed by atoms with van der Waals surface area (Å²) in [6.45, 7) is 1.96. The van der Waals surface area contributed by atoms with Crippen molar-refractivity contribution >= 4 is 18.2 Å². The summed E-state index contributed by atoms with van der Waals surface area (Å²) in [6.07, 6.45) is 16.8. The fourth-order valence-electron chi connectivity index (χ4n) is 2.50. The van der Waals surface area contributed by atoms with E-state index in [9.17, 15) is 4.57 Å². The largest absolute Gasteiger partial charge is 0.424 e. The normalized spacial score (nSPS) is 12.0. The molecular formula is C18H38ClO3P. The highest BCUT2D eigenvalue weighted by atomic mass is 35.7. The molecule has 0 aliphatic rings. The van der Waals surface area contributed by atoms with Gasteiger partial charge in [-0.2, -0.15) is 0 Å². The molecule has 0 unspecified atom stereocenters. The highest BCUT2D eigenvalue weighted by Gasteiger charge is 2.19. The highest BCUT2D eigenvalue weighted by Crippen LogP contribution is 2.53. The van der Waals surface area contributed by atoms with Crippen LogP contribution in [0.3, 0.4) is 0 Å². The Morgan fingerprint density at radius 1 is 0.609 bits per heavy atom. The van der Waals surface area contributed by atoms with E-state index in [1.165, 1.54) is 64.2 Å². The van der Waals surface area contributed by atoms with Crippen molar-refractivity contribution in [3.05, 3.63) is 0 Å². The Labute approximate surface area is 149 Å². The summed E-state index contributed by atoms with van der Waals surface area (Å²) in [6, 6.07) is 0. The molecule has 0 saturated carbocycles. The summed E-state index contributed by atoms with van der Waals surface area (Å²) in [5, 5.41) is 0. The third-order valence-corrected chi connectivity index (χ3v) is 5.55. The molecule has 0 amide bonds. The molecule has 0 aromatic carbocycles. The molecular weight excluding hydrogens is 331 g/mol. The van der Waals surface area contributed by atoms with Gasteiger partial charge in [-0.3, -0.25) is 9.05 Å². The molecule has 3 nitrogen and oxygen atoms in total. The van der Waals surface area contributed by atoms with Crippen LogP contribution in [0.15, 0.2) is 0 Å². The maximum absolute atomic E-state index is 11.9. The second-order valence-corrected chi connectivity index (χ2v) is 8.96. The van der Waals surface area contributed by atoms with Crippen molar-refractivity contribution in [3.63, 3.8) is 0 Å². The van der Waals surface area contributed by atoms with E-state index in [4.69, 9.17) is 20.3 Å². The van der Waals surface area contributed by atoms with Crippen LogP contribution >= 0.6 is 18.2 Å². The minimum atomic E-state index is -3.35. The van der Waals surface area contributed by atoms with Crippen molar-refractivity contribution in [2.45, 2.75) is 104 Å². The number of rotatable bonds is 18. The fourth-order valence-corrected chi connectivity index (χ4v) is 3.69. The first kappa shape index (κ1) is 23.4. The Bertz CT molecular complexity index is 263. The van der Waals surface area contributed by atoms with Crippen LogP contribution in [0.2, 0.25) is 0 Å². The highest BCUT2D eigenvalue weighted by molar-refractivity contribution is 7.81. The maximum atomic E-state index is 11.9. The van der Waals surface area contributed by atoms with Gasteiger partial charge in [0.15, 0.2) is 0 Å². The maximum Gasteiger partial charge on any atom is 0.424 e. The van der Waals surface area contributed by atoms with Crippen LogP contribution in [0.25, 0.3) is 0 Å². The van der Waals surface area contributed by atoms with Gasteiger partial charge in [0.2, 0.25) is 0 Å². The van der Waals surface area contributed by atoms with Gasteiger partial charge in [-0.1, -0.05) is 90.9 Å². The van der Waals surface area contributed by atoms with Gasteiger partial charge in [-0.05, 0) is 12.8 Å². The molecule has 0 heterocycles. The summed E-state index contributed by atoms with van der Waals surface area (Å²) in [4.78, 5) is 0. The van der Waals surface area contributed by atoms with Crippen LogP contribution in [-0.4, -0.2) is 13.2 Å². The number of halogens is 1. The molecule has 0 saturated heterocycles. The molecule has 0 aliphatic carbocycles. The first-order valence-electron chi connectivity index (χ1n) is 9.71. The number of hydrogen-bond donors (Lipinski definition) is 0. The lowest BCUT2D eigenvalue weighted by Gasteiger charge is -2.11. The van der Waals surface area contributed by atoms with Gasteiger partial charge in [-0.15, -0.1) is 0 Å². The third kappa shape index (κ3) is 18.6. The average Bonchev–Trinajstić information content (AvgIpc) is 2.52. The van der Waals surface area contributed by atoms with Crippen molar-refractivity contribution in [3.8, 4) is 0 Å². The van der Waals surface area contributed by atoms with Crippen LogP contribution in [-0.2, 0) is 13.6 Å². The molecule has 23 heavy (non-hydrogen) atoms. The van der Waals surface area contributed by atoms with Gasteiger partial charge in [0.05, 0.1) is 13.2 Å². The smallest absolute Gasteiger partial charge is 0.297 e. The summed E-state index contributed by atoms with van der Waals surface area (Å²) in [7, 11) is 0.